The summed E-state index contributed by atoms with van der Waals surface area (Å²) in [6.07, 6.45) is 8.25. The van der Waals surface area contributed by atoms with Gasteiger partial charge in [-0.1, -0.05) is 17.8 Å². The molecular weight excluding hydrogens is 384 g/mol. The Labute approximate surface area is 174 Å². The van der Waals surface area contributed by atoms with Gasteiger partial charge in [-0.2, -0.15) is 10.1 Å². The van der Waals surface area contributed by atoms with E-state index in [1.54, 1.807) is 6.20 Å². The number of aromatic amines is 1. The van der Waals surface area contributed by atoms with Crippen molar-refractivity contribution in [3.05, 3.63) is 30.1 Å². The Morgan fingerprint density at radius 2 is 1.97 bits per heavy atom. The van der Waals surface area contributed by atoms with E-state index in [4.69, 9.17) is 0 Å². The van der Waals surface area contributed by atoms with Gasteiger partial charge in [0.15, 0.2) is 0 Å². The molecule has 2 aromatic heterocycles. The zero-order valence-corrected chi connectivity index (χ0v) is 17.4. The van der Waals surface area contributed by atoms with Crippen molar-refractivity contribution in [3.8, 4) is 0 Å². The van der Waals surface area contributed by atoms with Crippen molar-refractivity contribution >= 4 is 29.2 Å². The fourth-order valence-corrected chi connectivity index (χ4v) is 6.54. The number of rotatable bonds is 7. The van der Waals surface area contributed by atoms with E-state index in [0.29, 0.717) is 34.5 Å². The third kappa shape index (κ3) is 3.95. The lowest BCUT2D eigenvalue weighted by Gasteiger charge is -2.53. The number of ketones is 1. The van der Waals surface area contributed by atoms with Crippen molar-refractivity contribution in [1.29, 1.82) is 0 Å². The van der Waals surface area contributed by atoms with Gasteiger partial charge in [0, 0.05) is 12.1 Å². The lowest BCUT2D eigenvalue weighted by Crippen LogP contribution is -2.48. The number of aromatic nitrogens is 4. The summed E-state index contributed by atoms with van der Waals surface area (Å²) in [6, 6.07) is 5.69. The van der Waals surface area contributed by atoms with Crippen LogP contribution in [0.25, 0.3) is 0 Å². The highest BCUT2D eigenvalue weighted by atomic mass is 32.2. The van der Waals surface area contributed by atoms with Crippen LogP contribution in [-0.4, -0.2) is 37.4 Å². The molecule has 4 fully saturated rings. The highest BCUT2D eigenvalue weighted by molar-refractivity contribution is 7.99. The molecule has 4 aliphatic carbocycles. The Kier molecular flexibility index (Phi) is 5.11. The van der Waals surface area contributed by atoms with Crippen LogP contribution in [0.4, 0.5) is 5.95 Å². The fourth-order valence-electron chi connectivity index (χ4n) is 5.81. The van der Waals surface area contributed by atoms with Crippen molar-refractivity contribution in [3.63, 3.8) is 0 Å². The zero-order chi connectivity index (χ0) is 19.8. The first kappa shape index (κ1) is 18.8. The molecule has 4 bridgehead atoms. The smallest absolute Gasteiger partial charge is 0.240 e. The average molecular weight is 411 g/mol. The first-order chi connectivity index (χ1) is 14.2. The zero-order valence-electron chi connectivity index (χ0n) is 16.5. The number of nitrogens with zero attached hydrogens (tertiary/aromatic N) is 4. The maximum atomic E-state index is 13.0. The Bertz CT molecular complexity index is 883. The topological polar surface area (TPSA) is 95.9 Å². The van der Waals surface area contributed by atoms with Crippen molar-refractivity contribution in [2.24, 2.45) is 34.7 Å². The Morgan fingerprint density at radius 3 is 2.66 bits per heavy atom. The quantitative estimate of drug-likeness (QED) is 0.410. The molecule has 0 saturated heterocycles. The number of hydrazone groups is 1. The maximum absolute atomic E-state index is 13.0. The number of anilines is 1. The molecule has 0 radical (unpaired) electrons. The molecule has 4 saturated carbocycles. The molecule has 7 nitrogen and oxygen atoms in total. The second-order valence-corrected chi connectivity index (χ2v) is 9.64. The Balaban J connectivity index is 1.15. The third-order valence-electron chi connectivity index (χ3n) is 6.77. The van der Waals surface area contributed by atoms with Crippen LogP contribution in [-0.2, 0) is 4.79 Å². The highest BCUT2D eigenvalue weighted by Gasteiger charge is 2.50. The van der Waals surface area contributed by atoms with Gasteiger partial charge < -0.3 is 0 Å². The number of thioether (sulfide) groups is 1. The second kappa shape index (κ2) is 7.89. The van der Waals surface area contributed by atoms with E-state index in [9.17, 15) is 4.79 Å². The standard InChI is InChI=1S/C21H26N6OS/c1-12(17-4-2-3-5-22-17)24-25-20-23-21(27-26-20)29-11-18(28)19-15-7-13-6-14(9-15)10-16(19)8-13/h2-5,13-16,19H,6-11H2,1H3,(H2,23,25,26,27)/b24-12+. The summed E-state index contributed by atoms with van der Waals surface area (Å²) < 4.78 is 0. The molecule has 0 aromatic carbocycles. The first-order valence-corrected chi connectivity index (χ1v) is 11.4. The van der Waals surface area contributed by atoms with E-state index in [0.717, 1.165) is 23.2 Å². The normalized spacial score (nSPS) is 30.5. The number of carbonyl (C=O) groups excluding carboxylic acids is 1. The number of H-pyrrole nitrogens is 1. The molecule has 6 rings (SSSR count). The van der Waals surface area contributed by atoms with E-state index in [1.807, 2.05) is 25.1 Å². The van der Waals surface area contributed by atoms with Crippen molar-refractivity contribution in [2.75, 3.05) is 11.2 Å². The fraction of sp³-hybridized carbons (Fsp3) is 0.571. The maximum Gasteiger partial charge on any atom is 0.240 e. The van der Waals surface area contributed by atoms with Crippen molar-refractivity contribution < 1.29 is 4.79 Å². The molecule has 0 amide bonds. The van der Waals surface area contributed by atoms with Gasteiger partial charge >= 0.3 is 0 Å². The summed E-state index contributed by atoms with van der Waals surface area (Å²) >= 11 is 1.42. The van der Waals surface area contributed by atoms with Crippen LogP contribution in [0.2, 0.25) is 0 Å². The Morgan fingerprint density at radius 1 is 1.21 bits per heavy atom. The van der Waals surface area contributed by atoms with Gasteiger partial charge in [-0.05, 0) is 74.8 Å². The molecule has 2 heterocycles. The van der Waals surface area contributed by atoms with E-state index in [2.05, 4.69) is 30.7 Å². The van der Waals surface area contributed by atoms with Gasteiger partial charge in [-0.15, -0.1) is 5.10 Å². The molecule has 152 valence electrons. The van der Waals surface area contributed by atoms with Gasteiger partial charge in [-0.25, -0.2) is 10.5 Å². The van der Waals surface area contributed by atoms with E-state index in [1.165, 1.54) is 43.9 Å². The van der Waals surface area contributed by atoms with Crippen LogP contribution in [0.1, 0.15) is 44.7 Å². The predicted octanol–water partition coefficient (Wildman–Crippen LogP) is 3.77. The van der Waals surface area contributed by atoms with E-state index in [-0.39, 0.29) is 5.92 Å². The van der Waals surface area contributed by atoms with Gasteiger partial charge in [0.2, 0.25) is 11.1 Å². The number of Topliss-reactive ketones (excluding diaryl/α,β-unsaturated/α-hetero) is 1. The monoisotopic (exact) mass is 410 g/mol. The average Bonchev–Trinajstić information content (AvgIpc) is 3.18. The molecule has 2 N–H and O–H groups in total. The summed E-state index contributed by atoms with van der Waals surface area (Å²) in [5.41, 5.74) is 4.44. The minimum Gasteiger partial charge on any atom is -0.298 e. The van der Waals surface area contributed by atoms with Gasteiger partial charge in [0.25, 0.3) is 0 Å². The summed E-state index contributed by atoms with van der Waals surface area (Å²) in [5, 5.41) is 11.9. The second-order valence-electron chi connectivity index (χ2n) is 8.70. The lowest BCUT2D eigenvalue weighted by atomic mass is 9.51. The number of carbonyl (C=O) groups is 1. The summed E-state index contributed by atoms with van der Waals surface area (Å²) in [7, 11) is 0. The molecule has 2 aromatic rings. The summed E-state index contributed by atoms with van der Waals surface area (Å²) in [4.78, 5) is 21.6. The van der Waals surface area contributed by atoms with Crippen molar-refractivity contribution in [1.82, 2.24) is 20.2 Å². The van der Waals surface area contributed by atoms with Crippen molar-refractivity contribution in [2.45, 2.75) is 44.2 Å². The first-order valence-electron chi connectivity index (χ1n) is 10.5. The summed E-state index contributed by atoms with van der Waals surface area (Å²) in [5.74, 6) is 4.65. The molecular formula is C21H26N6OS. The van der Waals surface area contributed by atoms with E-state index < -0.39 is 0 Å². The van der Waals surface area contributed by atoms with Gasteiger partial charge in [-0.3, -0.25) is 9.78 Å². The minimum atomic E-state index is 0.275. The van der Waals surface area contributed by atoms with E-state index >= 15 is 0 Å². The number of hydrogen-bond acceptors (Lipinski definition) is 7. The molecule has 0 unspecified atom stereocenters. The molecule has 8 heteroatoms. The van der Waals surface area contributed by atoms with Crippen LogP contribution >= 0.6 is 11.8 Å². The van der Waals surface area contributed by atoms with Crippen LogP contribution in [0.5, 0.6) is 0 Å². The third-order valence-corrected chi connectivity index (χ3v) is 7.64. The molecule has 0 spiro atoms. The summed E-state index contributed by atoms with van der Waals surface area (Å²) in [6.45, 7) is 1.88. The van der Waals surface area contributed by atoms with Crippen LogP contribution in [0.3, 0.4) is 0 Å². The molecule has 4 aliphatic rings. The lowest BCUT2D eigenvalue weighted by molar-refractivity contribution is -0.133. The van der Waals surface area contributed by atoms with Crippen LogP contribution < -0.4 is 5.43 Å². The SMILES string of the molecule is C/C(=N\Nc1nc(SCC(=O)C2C3CC4CC(C3)CC2C4)n[nH]1)c1ccccn1. The largest absolute Gasteiger partial charge is 0.298 e. The van der Waals surface area contributed by atoms with Crippen LogP contribution in [0.15, 0.2) is 34.7 Å². The number of hydrogen-bond donors (Lipinski definition) is 2. The number of nitrogens with one attached hydrogen (secondary N) is 2. The molecule has 0 aliphatic heterocycles. The molecule has 29 heavy (non-hydrogen) atoms. The number of pyridine rings is 1. The minimum absolute atomic E-state index is 0.275. The van der Waals surface area contributed by atoms with Gasteiger partial charge in [0.05, 0.1) is 17.2 Å². The predicted molar refractivity (Wildman–Crippen MR) is 113 cm³/mol. The van der Waals surface area contributed by atoms with Gasteiger partial charge in [0.1, 0.15) is 5.78 Å². The van der Waals surface area contributed by atoms with Crippen LogP contribution in [0, 0.1) is 29.6 Å². The Hall–Kier alpha value is -2.22. The molecule has 0 atom stereocenters. The highest BCUT2D eigenvalue weighted by Crippen LogP contribution is 2.56.